The van der Waals surface area contributed by atoms with Crippen LogP contribution in [-0.2, 0) is 10.0 Å². The third-order valence-electron chi connectivity index (χ3n) is 6.02. The molecule has 0 radical (unpaired) electrons. The Morgan fingerprint density at radius 1 is 1.18 bits per heavy atom. The fraction of sp³-hybridized carbons (Fsp3) is 0.333. The lowest BCUT2D eigenvalue weighted by molar-refractivity contribution is -0.0448. The highest BCUT2D eigenvalue weighted by Crippen LogP contribution is 2.43. The number of rotatable bonds is 4. The molecule has 2 atom stereocenters. The van der Waals surface area contributed by atoms with E-state index in [4.69, 9.17) is 16.1 Å². The second-order valence-corrected chi connectivity index (χ2v) is 10.4. The van der Waals surface area contributed by atoms with Gasteiger partial charge in [-0.05, 0) is 24.1 Å². The van der Waals surface area contributed by atoms with Crippen molar-refractivity contribution in [3.05, 3.63) is 47.5 Å². The van der Waals surface area contributed by atoms with E-state index in [0.717, 1.165) is 11.2 Å². The minimum Gasteiger partial charge on any atom is -0.354 e. The fourth-order valence-electron chi connectivity index (χ4n) is 4.58. The number of alkyl halides is 2. The first-order valence-electron chi connectivity index (χ1n) is 10.1. The maximum absolute atomic E-state index is 14.9. The number of anilines is 1. The highest BCUT2D eigenvalue weighted by atomic mass is 35.5. The monoisotopic (exact) mass is 496 g/mol. The molecule has 2 fully saturated rings. The second-order valence-electron chi connectivity index (χ2n) is 8.17. The van der Waals surface area contributed by atoms with Gasteiger partial charge in [0.1, 0.15) is 12.1 Å². The van der Waals surface area contributed by atoms with Crippen LogP contribution in [0, 0.1) is 0 Å². The van der Waals surface area contributed by atoms with E-state index in [1.807, 2.05) is 22.9 Å². The van der Waals surface area contributed by atoms with Gasteiger partial charge in [-0.3, -0.25) is 4.90 Å². The van der Waals surface area contributed by atoms with Crippen LogP contribution in [0.15, 0.2) is 47.0 Å². The number of carbonyl (C=O) groups is 1. The van der Waals surface area contributed by atoms with Crippen LogP contribution < -0.4 is 9.62 Å². The molecule has 0 unspecified atom stereocenters. The Hall–Kier alpha value is -2.76. The van der Waals surface area contributed by atoms with Crippen molar-refractivity contribution in [1.82, 2.24) is 14.8 Å². The molecule has 0 bridgehead atoms. The Morgan fingerprint density at radius 3 is 2.64 bits per heavy atom. The van der Waals surface area contributed by atoms with Gasteiger partial charge in [0.2, 0.25) is 10.0 Å². The van der Waals surface area contributed by atoms with Crippen molar-refractivity contribution >= 4 is 44.4 Å². The molecule has 8 nitrogen and oxygen atoms in total. The average molecular weight is 497 g/mol. The van der Waals surface area contributed by atoms with E-state index in [2.05, 4.69) is 5.16 Å². The van der Waals surface area contributed by atoms with Crippen molar-refractivity contribution in [3.8, 4) is 11.1 Å². The minimum absolute atomic E-state index is 0.0281. The molecule has 174 valence electrons. The number of nitrogens with one attached hydrogen (secondary N) is 1. The van der Waals surface area contributed by atoms with Crippen LogP contribution in [0.25, 0.3) is 22.1 Å². The summed E-state index contributed by atoms with van der Waals surface area (Å²) in [5, 5.41) is 5.11. The summed E-state index contributed by atoms with van der Waals surface area (Å²) in [4.78, 5) is 15.6. The molecule has 33 heavy (non-hydrogen) atoms. The largest absolute Gasteiger partial charge is 0.354 e. The molecule has 0 saturated carbocycles. The number of hydrogen-bond acceptors (Lipinski definition) is 5. The van der Waals surface area contributed by atoms with E-state index >= 15 is 0 Å². The van der Waals surface area contributed by atoms with Gasteiger partial charge in [0.05, 0.1) is 11.6 Å². The number of aromatic nitrogens is 1. The number of halogens is 3. The van der Waals surface area contributed by atoms with Gasteiger partial charge < -0.3 is 9.42 Å². The maximum Gasteiger partial charge on any atom is 0.326 e. The molecule has 1 aromatic heterocycles. The van der Waals surface area contributed by atoms with Crippen molar-refractivity contribution in [1.29, 1.82) is 0 Å². The van der Waals surface area contributed by atoms with Crippen LogP contribution >= 0.6 is 11.6 Å². The zero-order valence-electron chi connectivity index (χ0n) is 17.3. The smallest absolute Gasteiger partial charge is 0.326 e. The molecular formula is C21H19ClF2N4O4S. The summed E-state index contributed by atoms with van der Waals surface area (Å²) in [5.74, 6) is -3.20. The molecule has 12 heteroatoms. The zero-order chi connectivity index (χ0) is 23.5. The van der Waals surface area contributed by atoms with Crippen LogP contribution in [0.5, 0.6) is 0 Å². The summed E-state index contributed by atoms with van der Waals surface area (Å²) in [6.45, 7) is -0.479. The van der Waals surface area contributed by atoms with Crippen molar-refractivity contribution in [3.63, 3.8) is 0 Å². The number of benzene rings is 2. The SMILES string of the molecule is CS(=O)(=O)N[C@@H]1CN2C(=O)N(c3noc4cccc(-c5ccccc5Cl)c34)CC[C@@H]2C1(F)F. The molecular weight excluding hydrogens is 478 g/mol. The molecule has 1 N–H and O–H groups in total. The summed E-state index contributed by atoms with van der Waals surface area (Å²) < 4.78 is 60.4. The number of urea groups is 1. The summed E-state index contributed by atoms with van der Waals surface area (Å²) in [6, 6.07) is 8.66. The third-order valence-corrected chi connectivity index (χ3v) is 7.07. The third kappa shape index (κ3) is 3.64. The van der Waals surface area contributed by atoms with Crippen molar-refractivity contribution < 1.29 is 26.5 Å². The van der Waals surface area contributed by atoms with Gasteiger partial charge in [0.15, 0.2) is 11.4 Å². The predicted molar refractivity (Wildman–Crippen MR) is 119 cm³/mol. The molecule has 3 aromatic rings. The maximum atomic E-state index is 14.9. The van der Waals surface area contributed by atoms with Crippen LogP contribution in [0.3, 0.4) is 0 Å². The molecule has 2 aliphatic rings. The first kappa shape index (κ1) is 22.1. The number of sulfonamides is 1. The fourth-order valence-corrected chi connectivity index (χ4v) is 5.57. The van der Waals surface area contributed by atoms with Crippen molar-refractivity contribution in [2.75, 3.05) is 24.2 Å². The summed E-state index contributed by atoms with van der Waals surface area (Å²) >= 11 is 6.39. The van der Waals surface area contributed by atoms with E-state index < -0.39 is 40.6 Å². The highest BCUT2D eigenvalue weighted by Gasteiger charge is 2.60. The zero-order valence-corrected chi connectivity index (χ0v) is 18.9. The van der Waals surface area contributed by atoms with Crippen LogP contribution in [0.4, 0.5) is 19.4 Å². The van der Waals surface area contributed by atoms with E-state index in [1.54, 1.807) is 24.3 Å². The molecule has 2 amide bonds. The van der Waals surface area contributed by atoms with Crippen LogP contribution in [-0.4, -0.2) is 61.9 Å². The van der Waals surface area contributed by atoms with Gasteiger partial charge >= 0.3 is 6.03 Å². The van der Waals surface area contributed by atoms with E-state index in [9.17, 15) is 22.0 Å². The minimum atomic E-state index is -3.89. The number of nitrogens with zero attached hydrogens (tertiary/aromatic N) is 3. The summed E-state index contributed by atoms with van der Waals surface area (Å²) in [7, 11) is -3.89. The molecule has 0 aliphatic carbocycles. The van der Waals surface area contributed by atoms with E-state index in [0.29, 0.717) is 27.1 Å². The summed E-state index contributed by atoms with van der Waals surface area (Å²) in [6.07, 6.45) is 0.746. The first-order valence-corrected chi connectivity index (χ1v) is 12.4. The van der Waals surface area contributed by atoms with E-state index in [1.165, 1.54) is 4.90 Å². The molecule has 3 heterocycles. The Bertz CT molecular complexity index is 1360. The predicted octanol–water partition coefficient (Wildman–Crippen LogP) is 3.72. The van der Waals surface area contributed by atoms with Crippen molar-refractivity contribution in [2.45, 2.75) is 24.4 Å². The highest BCUT2D eigenvalue weighted by molar-refractivity contribution is 7.88. The lowest BCUT2D eigenvalue weighted by Crippen LogP contribution is -2.56. The lowest BCUT2D eigenvalue weighted by Gasteiger charge is -2.37. The second kappa shape index (κ2) is 7.64. The summed E-state index contributed by atoms with van der Waals surface area (Å²) in [5.41, 5.74) is 1.81. The molecule has 2 aromatic carbocycles. The van der Waals surface area contributed by atoms with Gasteiger partial charge in [-0.1, -0.05) is 47.1 Å². The Labute approximate surface area is 193 Å². The molecule has 5 rings (SSSR count). The normalized spacial score (nSPS) is 22.7. The molecule has 2 saturated heterocycles. The topological polar surface area (TPSA) is 95.8 Å². The average Bonchev–Trinajstić information content (AvgIpc) is 3.28. The van der Waals surface area contributed by atoms with Crippen LogP contribution in [0.2, 0.25) is 5.02 Å². The quantitative estimate of drug-likeness (QED) is 0.594. The van der Waals surface area contributed by atoms with Gasteiger partial charge in [-0.2, -0.15) is 0 Å². The van der Waals surface area contributed by atoms with Gasteiger partial charge in [-0.25, -0.2) is 26.7 Å². The van der Waals surface area contributed by atoms with Crippen LogP contribution in [0.1, 0.15) is 6.42 Å². The lowest BCUT2D eigenvalue weighted by atomic mass is 10.0. The van der Waals surface area contributed by atoms with E-state index in [-0.39, 0.29) is 18.8 Å². The van der Waals surface area contributed by atoms with Gasteiger partial charge in [-0.15, -0.1) is 0 Å². The Kier molecular flexibility index (Phi) is 5.11. The number of hydrogen-bond donors (Lipinski definition) is 1. The number of fused-ring (bicyclic) bond motifs is 2. The molecule has 2 aliphatic heterocycles. The number of carbonyl (C=O) groups excluding carboxylic acids is 1. The standard InChI is InChI=1S/C21H19ClF2N4O4S/c1-33(30,31)26-16-11-28-17(21(16,23)24)9-10-27(20(28)29)19-18-13(6-4-8-15(18)32-25-19)12-5-2-3-7-14(12)22/h2-8,16-17,26H,9-11H2,1H3/t16-,17-/m1/s1. The Balaban J connectivity index is 1.54. The van der Waals surface area contributed by atoms with Gasteiger partial charge in [0.25, 0.3) is 5.92 Å². The number of amides is 2. The Morgan fingerprint density at radius 2 is 1.91 bits per heavy atom. The first-order chi connectivity index (χ1) is 15.6. The molecule has 0 spiro atoms. The van der Waals surface area contributed by atoms with Gasteiger partial charge in [0, 0.05) is 23.7 Å². The van der Waals surface area contributed by atoms with Crippen molar-refractivity contribution in [2.24, 2.45) is 0 Å².